The molecule has 0 atom stereocenters. The van der Waals surface area contributed by atoms with Gasteiger partial charge in [-0.3, -0.25) is 9.78 Å². The summed E-state index contributed by atoms with van der Waals surface area (Å²) >= 11 is 0. The van der Waals surface area contributed by atoms with E-state index in [4.69, 9.17) is 4.74 Å². The molecule has 2 N–H and O–H groups in total. The summed E-state index contributed by atoms with van der Waals surface area (Å²) < 4.78 is 4.69. The van der Waals surface area contributed by atoms with E-state index in [9.17, 15) is 9.59 Å². The fraction of sp³-hybridized carbons (Fsp3) is 0.0952. The molecule has 0 bridgehead atoms. The number of anilines is 3. The van der Waals surface area contributed by atoms with E-state index in [0.717, 1.165) is 5.69 Å². The Hall–Kier alpha value is -3.67. The van der Waals surface area contributed by atoms with Gasteiger partial charge in [-0.25, -0.2) is 4.79 Å². The lowest BCUT2D eigenvalue weighted by molar-refractivity contribution is 0.0600. The number of rotatable bonds is 5. The first-order valence-corrected chi connectivity index (χ1v) is 8.33. The van der Waals surface area contributed by atoms with Crippen LogP contribution < -0.4 is 10.6 Å². The molecule has 0 radical (unpaired) electrons. The van der Waals surface area contributed by atoms with Gasteiger partial charge >= 0.3 is 5.97 Å². The molecule has 0 aliphatic carbocycles. The van der Waals surface area contributed by atoms with Crippen LogP contribution in [0.3, 0.4) is 0 Å². The van der Waals surface area contributed by atoms with Gasteiger partial charge in [-0.15, -0.1) is 0 Å². The van der Waals surface area contributed by atoms with Gasteiger partial charge in [-0.1, -0.05) is 23.8 Å². The molecule has 6 nitrogen and oxygen atoms in total. The molecule has 0 saturated carbocycles. The zero-order valence-corrected chi connectivity index (χ0v) is 15.0. The molecule has 2 aromatic carbocycles. The lowest BCUT2D eigenvalue weighted by Gasteiger charge is -2.09. The molecule has 3 rings (SSSR count). The van der Waals surface area contributed by atoms with E-state index in [1.54, 1.807) is 36.5 Å². The standard InChI is InChI=1S/C21H19N3O3/c1-14-6-8-17(9-7-14)23-19-11-16(12-22-13-19)20(25)24-18-5-3-4-15(10-18)21(26)27-2/h3-13,23H,1-2H3,(H,24,25). The highest BCUT2D eigenvalue weighted by molar-refractivity contribution is 6.05. The Kier molecular flexibility index (Phi) is 5.47. The SMILES string of the molecule is COC(=O)c1cccc(NC(=O)c2cncc(Nc3ccc(C)cc3)c2)c1. The van der Waals surface area contributed by atoms with E-state index in [2.05, 4.69) is 15.6 Å². The second kappa shape index (κ2) is 8.14. The molecule has 1 aromatic heterocycles. The number of hydrogen-bond donors (Lipinski definition) is 2. The van der Waals surface area contributed by atoms with Crippen molar-refractivity contribution < 1.29 is 14.3 Å². The maximum Gasteiger partial charge on any atom is 0.337 e. The van der Waals surface area contributed by atoms with E-state index in [-0.39, 0.29) is 5.91 Å². The number of carbonyl (C=O) groups is 2. The number of aryl methyl sites for hydroxylation is 1. The Morgan fingerprint density at radius 2 is 1.63 bits per heavy atom. The quantitative estimate of drug-likeness (QED) is 0.667. The Labute approximate surface area is 157 Å². The first-order valence-electron chi connectivity index (χ1n) is 8.33. The van der Waals surface area contributed by atoms with Crippen LogP contribution in [0.2, 0.25) is 0 Å². The average molecular weight is 361 g/mol. The summed E-state index contributed by atoms with van der Waals surface area (Å²) in [5.74, 6) is -0.783. The minimum atomic E-state index is -0.461. The van der Waals surface area contributed by atoms with Crippen molar-refractivity contribution in [2.45, 2.75) is 6.92 Å². The minimum Gasteiger partial charge on any atom is -0.465 e. The number of esters is 1. The molecule has 6 heteroatoms. The number of hydrogen-bond acceptors (Lipinski definition) is 5. The van der Waals surface area contributed by atoms with E-state index >= 15 is 0 Å². The normalized spacial score (nSPS) is 10.1. The molecular formula is C21H19N3O3. The summed E-state index contributed by atoms with van der Waals surface area (Å²) in [5, 5.41) is 5.98. The predicted molar refractivity (Wildman–Crippen MR) is 104 cm³/mol. The average Bonchev–Trinajstić information content (AvgIpc) is 2.69. The summed E-state index contributed by atoms with van der Waals surface area (Å²) in [7, 11) is 1.31. The smallest absolute Gasteiger partial charge is 0.337 e. The maximum absolute atomic E-state index is 12.5. The Bertz CT molecular complexity index is 968. The molecule has 0 spiro atoms. The van der Waals surface area contributed by atoms with Gasteiger partial charge in [-0.05, 0) is 43.3 Å². The predicted octanol–water partition coefficient (Wildman–Crippen LogP) is 4.17. The largest absolute Gasteiger partial charge is 0.465 e. The maximum atomic E-state index is 12.5. The van der Waals surface area contributed by atoms with Gasteiger partial charge in [0.1, 0.15) is 0 Å². The molecule has 1 heterocycles. The number of methoxy groups -OCH3 is 1. The summed E-state index contributed by atoms with van der Waals surface area (Å²) in [6.45, 7) is 2.02. The number of aromatic nitrogens is 1. The first-order chi connectivity index (χ1) is 13.0. The van der Waals surface area contributed by atoms with E-state index in [0.29, 0.717) is 22.5 Å². The van der Waals surface area contributed by atoms with Crippen LogP contribution in [0.25, 0.3) is 0 Å². The van der Waals surface area contributed by atoms with Crippen LogP contribution in [0, 0.1) is 6.92 Å². The van der Waals surface area contributed by atoms with Crippen LogP contribution in [0.1, 0.15) is 26.3 Å². The monoisotopic (exact) mass is 361 g/mol. The molecular weight excluding hydrogens is 342 g/mol. The molecule has 0 aliphatic heterocycles. The van der Waals surface area contributed by atoms with Crippen LogP contribution in [0.15, 0.2) is 67.0 Å². The highest BCUT2D eigenvalue weighted by Crippen LogP contribution is 2.18. The Morgan fingerprint density at radius 1 is 0.889 bits per heavy atom. The van der Waals surface area contributed by atoms with Crippen molar-refractivity contribution in [2.24, 2.45) is 0 Å². The van der Waals surface area contributed by atoms with Gasteiger partial charge in [0.15, 0.2) is 0 Å². The van der Waals surface area contributed by atoms with Gasteiger partial charge in [0.25, 0.3) is 5.91 Å². The van der Waals surface area contributed by atoms with Crippen molar-refractivity contribution >= 4 is 28.9 Å². The molecule has 0 unspecified atom stereocenters. The van der Waals surface area contributed by atoms with Crippen molar-refractivity contribution in [1.29, 1.82) is 0 Å². The number of pyridine rings is 1. The third-order valence-electron chi connectivity index (χ3n) is 3.88. The highest BCUT2D eigenvalue weighted by atomic mass is 16.5. The summed E-state index contributed by atoms with van der Waals surface area (Å²) in [6.07, 6.45) is 3.13. The number of amides is 1. The zero-order valence-electron chi connectivity index (χ0n) is 15.0. The molecule has 136 valence electrons. The number of nitrogens with zero attached hydrogens (tertiary/aromatic N) is 1. The zero-order chi connectivity index (χ0) is 19.2. The molecule has 0 saturated heterocycles. The second-order valence-electron chi connectivity index (χ2n) is 5.98. The van der Waals surface area contributed by atoms with Gasteiger partial charge in [0, 0.05) is 17.6 Å². The second-order valence-corrected chi connectivity index (χ2v) is 5.98. The van der Waals surface area contributed by atoms with E-state index in [1.807, 2.05) is 31.2 Å². The lowest BCUT2D eigenvalue weighted by atomic mass is 10.2. The van der Waals surface area contributed by atoms with Gasteiger partial charge < -0.3 is 15.4 Å². The summed E-state index contributed by atoms with van der Waals surface area (Å²) in [4.78, 5) is 28.2. The number of ether oxygens (including phenoxy) is 1. The number of nitrogens with one attached hydrogen (secondary N) is 2. The molecule has 3 aromatic rings. The van der Waals surface area contributed by atoms with Crippen LogP contribution in [-0.2, 0) is 4.74 Å². The number of benzene rings is 2. The van der Waals surface area contributed by atoms with Crippen LogP contribution in [0.5, 0.6) is 0 Å². The van der Waals surface area contributed by atoms with Crippen molar-refractivity contribution in [3.05, 3.63) is 83.7 Å². The van der Waals surface area contributed by atoms with Crippen molar-refractivity contribution in [2.75, 3.05) is 17.7 Å². The van der Waals surface area contributed by atoms with Crippen molar-refractivity contribution in [3.8, 4) is 0 Å². The lowest BCUT2D eigenvalue weighted by Crippen LogP contribution is -2.13. The van der Waals surface area contributed by atoms with E-state index < -0.39 is 5.97 Å². The van der Waals surface area contributed by atoms with Crippen molar-refractivity contribution in [3.63, 3.8) is 0 Å². The van der Waals surface area contributed by atoms with Crippen LogP contribution >= 0.6 is 0 Å². The fourth-order valence-electron chi connectivity index (χ4n) is 2.48. The third kappa shape index (κ3) is 4.70. The van der Waals surface area contributed by atoms with E-state index in [1.165, 1.54) is 18.9 Å². The van der Waals surface area contributed by atoms with Crippen molar-refractivity contribution in [1.82, 2.24) is 4.98 Å². The third-order valence-corrected chi connectivity index (χ3v) is 3.88. The summed E-state index contributed by atoms with van der Waals surface area (Å²) in [6, 6.07) is 16.2. The van der Waals surface area contributed by atoms with Gasteiger partial charge in [0.2, 0.25) is 0 Å². The minimum absolute atomic E-state index is 0.322. The molecule has 1 amide bonds. The Balaban J connectivity index is 1.73. The molecule has 0 fully saturated rings. The molecule has 0 aliphatic rings. The summed E-state index contributed by atoms with van der Waals surface area (Å²) in [5.41, 5.74) is 4.04. The van der Waals surface area contributed by atoms with Crippen LogP contribution in [0.4, 0.5) is 17.1 Å². The fourth-order valence-corrected chi connectivity index (χ4v) is 2.48. The highest BCUT2D eigenvalue weighted by Gasteiger charge is 2.10. The Morgan fingerprint density at radius 3 is 2.37 bits per heavy atom. The molecule has 27 heavy (non-hydrogen) atoms. The first kappa shape index (κ1) is 18.1. The van der Waals surface area contributed by atoms with Crippen LogP contribution in [-0.4, -0.2) is 24.0 Å². The van der Waals surface area contributed by atoms with Gasteiger partial charge in [-0.2, -0.15) is 0 Å². The van der Waals surface area contributed by atoms with Gasteiger partial charge in [0.05, 0.1) is 30.1 Å². The topological polar surface area (TPSA) is 80.3 Å². The number of carbonyl (C=O) groups excluding carboxylic acids is 2.